The lowest BCUT2D eigenvalue weighted by atomic mass is 10.1. The number of nitrogens with zero attached hydrogens (tertiary/aromatic N) is 2. The van der Waals surface area contributed by atoms with Crippen molar-refractivity contribution in [3.05, 3.63) is 46.0 Å². The van der Waals surface area contributed by atoms with E-state index < -0.39 is 0 Å². The number of halogens is 1. The molecule has 0 aliphatic heterocycles. The van der Waals surface area contributed by atoms with Crippen LogP contribution in [0.1, 0.15) is 31.1 Å². The third-order valence-corrected chi connectivity index (χ3v) is 3.62. The van der Waals surface area contributed by atoms with Crippen molar-refractivity contribution in [2.75, 3.05) is 6.54 Å². The average molecular weight is 324 g/mol. The van der Waals surface area contributed by atoms with Gasteiger partial charge in [-0.3, -0.25) is 0 Å². The van der Waals surface area contributed by atoms with Gasteiger partial charge in [0, 0.05) is 23.4 Å². The molecule has 1 atom stereocenters. The first-order chi connectivity index (χ1) is 9.19. The average Bonchev–Trinajstić information content (AvgIpc) is 2.80. The van der Waals surface area contributed by atoms with E-state index in [1.807, 2.05) is 18.2 Å². The van der Waals surface area contributed by atoms with Gasteiger partial charge in [-0.15, -0.1) is 0 Å². The van der Waals surface area contributed by atoms with Crippen LogP contribution in [0.4, 0.5) is 0 Å². The molecule has 0 fully saturated rings. The Bertz CT molecular complexity index is 527. The van der Waals surface area contributed by atoms with Crippen LogP contribution in [-0.4, -0.2) is 22.7 Å². The molecule has 4 nitrogen and oxygen atoms in total. The molecule has 0 aliphatic carbocycles. The first-order valence-corrected chi connectivity index (χ1v) is 7.26. The molecule has 1 aromatic carbocycles. The van der Waals surface area contributed by atoms with E-state index >= 15 is 0 Å². The van der Waals surface area contributed by atoms with Crippen LogP contribution >= 0.6 is 15.9 Å². The van der Waals surface area contributed by atoms with Crippen LogP contribution < -0.4 is 5.32 Å². The van der Waals surface area contributed by atoms with Crippen LogP contribution in [0.15, 0.2) is 33.3 Å². The minimum Gasteiger partial charge on any atom is -0.339 e. The quantitative estimate of drug-likeness (QED) is 0.888. The summed E-state index contributed by atoms with van der Waals surface area (Å²) in [7, 11) is 0. The van der Waals surface area contributed by atoms with E-state index in [2.05, 4.69) is 51.3 Å². The number of benzene rings is 1. The summed E-state index contributed by atoms with van der Waals surface area (Å²) < 4.78 is 6.35. The lowest BCUT2D eigenvalue weighted by Gasteiger charge is -2.07. The summed E-state index contributed by atoms with van der Waals surface area (Å²) in [5.74, 6) is 1.42. The fourth-order valence-corrected chi connectivity index (χ4v) is 2.36. The number of hydrogen-bond acceptors (Lipinski definition) is 4. The third-order valence-electron chi connectivity index (χ3n) is 2.85. The Balaban J connectivity index is 2.00. The Labute approximate surface area is 121 Å². The van der Waals surface area contributed by atoms with E-state index in [1.54, 1.807) is 0 Å². The first-order valence-electron chi connectivity index (χ1n) is 6.47. The van der Waals surface area contributed by atoms with Gasteiger partial charge < -0.3 is 9.84 Å². The standard InChI is InChI=1S/C14H18BrN3O/c1-3-16-10(2)8-14-17-13(18-19-14)9-11-6-4-5-7-12(11)15/h4-7,10,16H,3,8-9H2,1-2H3. The number of likely N-dealkylation sites (N-methyl/N-ethyl adjacent to an activating group) is 1. The highest BCUT2D eigenvalue weighted by molar-refractivity contribution is 9.10. The van der Waals surface area contributed by atoms with E-state index in [9.17, 15) is 0 Å². The minimum absolute atomic E-state index is 0.349. The fraction of sp³-hybridized carbons (Fsp3) is 0.429. The Morgan fingerprint density at radius 2 is 2.16 bits per heavy atom. The lowest BCUT2D eigenvalue weighted by molar-refractivity contribution is 0.359. The van der Waals surface area contributed by atoms with Gasteiger partial charge in [-0.25, -0.2) is 0 Å². The second kappa shape index (κ2) is 6.82. The molecule has 0 saturated heterocycles. The summed E-state index contributed by atoms with van der Waals surface area (Å²) >= 11 is 3.53. The van der Waals surface area contributed by atoms with Gasteiger partial charge in [0.1, 0.15) is 0 Å². The van der Waals surface area contributed by atoms with Crippen LogP contribution in [0.5, 0.6) is 0 Å². The fourth-order valence-electron chi connectivity index (χ4n) is 1.94. The molecular formula is C14H18BrN3O. The molecule has 2 aromatic rings. The summed E-state index contributed by atoms with van der Waals surface area (Å²) in [4.78, 5) is 4.43. The predicted molar refractivity (Wildman–Crippen MR) is 78.1 cm³/mol. The molecule has 2 rings (SSSR count). The van der Waals surface area contributed by atoms with Crippen LogP contribution in [0.2, 0.25) is 0 Å². The molecule has 0 radical (unpaired) electrons. The molecule has 0 amide bonds. The number of nitrogens with one attached hydrogen (secondary N) is 1. The molecule has 0 bridgehead atoms. The predicted octanol–water partition coefficient (Wildman–Crippen LogP) is 2.96. The molecule has 1 aromatic heterocycles. The summed E-state index contributed by atoms with van der Waals surface area (Å²) in [6.07, 6.45) is 1.44. The molecule has 1 N–H and O–H groups in total. The topological polar surface area (TPSA) is 51.0 Å². The maximum absolute atomic E-state index is 5.28. The monoisotopic (exact) mass is 323 g/mol. The zero-order valence-electron chi connectivity index (χ0n) is 11.2. The minimum atomic E-state index is 0.349. The second-order valence-corrected chi connectivity index (χ2v) is 5.39. The maximum Gasteiger partial charge on any atom is 0.228 e. The number of aromatic nitrogens is 2. The zero-order chi connectivity index (χ0) is 13.7. The zero-order valence-corrected chi connectivity index (χ0v) is 12.8. The first kappa shape index (κ1) is 14.2. The van der Waals surface area contributed by atoms with Crippen molar-refractivity contribution in [2.24, 2.45) is 0 Å². The summed E-state index contributed by atoms with van der Waals surface area (Å²) in [5.41, 5.74) is 1.16. The molecule has 0 aliphatic rings. The normalized spacial score (nSPS) is 12.6. The van der Waals surface area contributed by atoms with Crippen LogP contribution in [0.25, 0.3) is 0 Å². The highest BCUT2D eigenvalue weighted by Crippen LogP contribution is 2.18. The Kier molecular flexibility index (Phi) is 5.10. The van der Waals surface area contributed by atoms with E-state index in [1.165, 1.54) is 0 Å². The highest BCUT2D eigenvalue weighted by Gasteiger charge is 2.11. The molecule has 0 saturated carbocycles. The molecule has 1 unspecified atom stereocenters. The van der Waals surface area contributed by atoms with E-state index in [4.69, 9.17) is 4.52 Å². The van der Waals surface area contributed by atoms with Gasteiger partial charge in [-0.05, 0) is 25.1 Å². The van der Waals surface area contributed by atoms with Crippen molar-refractivity contribution < 1.29 is 4.52 Å². The van der Waals surface area contributed by atoms with E-state index in [0.29, 0.717) is 18.4 Å². The summed E-state index contributed by atoms with van der Waals surface area (Å²) in [6, 6.07) is 8.42. The third kappa shape index (κ3) is 4.14. The molecule has 19 heavy (non-hydrogen) atoms. The highest BCUT2D eigenvalue weighted by atomic mass is 79.9. The second-order valence-electron chi connectivity index (χ2n) is 4.54. The largest absolute Gasteiger partial charge is 0.339 e. The van der Waals surface area contributed by atoms with Gasteiger partial charge in [-0.2, -0.15) is 4.98 Å². The number of hydrogen-bond donors (Lipinski definition) is 1. The SMILES string of the molecule is CCNC(C)Cc1nc(Cc2ccccc2Br)no1. The lowest BCUT2D eigenvalue weighted by Crippen LogP contribution is -2.27. The van der Waals surface area contributed by atoms with Gasteiger partial charge in [-0.1, -0.05) is 46.2 Å². The molecule has 1 heterocycles. The van der Waals surface area contributed by atoms with Crippen LogP contribution in [0.3, 0.4) is 0 Å². The van der Waals surface area contributed by atoms with Crippen LogP contribution in [0, 0.1) is 0 Å². The molecule has 0 spiro atoms. The summed E-state index contributed by atoms with van der Waals surface area (Å²) in [5, 5.41) is 7.36. The van der Waals surface area contributed by atoms with Gasteiger partial charge in [0.25, 0.3) is 0 Å². The Hall–Kier alpha value is -1.20. The van der Waals surface area contributed by atoms with Gasteiger partial charge >= 0.3 is 0 Å². The number of rotatable bonds is 6. The van der Waals surface area contributed by atoms with Crippen molar-refractivity contribution in [2.45, 2.75) is 32.7 Å². The Morgan fingerprint density at radius 3 is 2.89 bits per heavy atom. The van der Waals surface area contributed by atoms with E-state index in [0.717, 1.165) is 28.8 Å². The molecule has 102 valence electrons. The summed E-state index contributed by atoms with van der Waals surface area (Å²) in [6.45, 7) is 5.14. The maximum atomic E-state index is 5.28. The van der Waals surface area contributed by atoms with Crippen molar-refractivity contribution >= 4 is 15.9 Å². The van der Waals surface area contributed by atoms with Crippen molar-refractivity contribution in [3.8, 4) is 0 Å². The van der Waals surface area contributed by atoms with E-state index in [-0.39, 0.29) is 0 Å². The van der Waals surface area contributed by atoms with Gasteiger partial charge in [0.05, 0.1) is 0 Å². The Morgan fingerprint density at radius 1 is 1.37 bits per heavy atom. The smallest absolute Gasteiger partial charge is 0.228 e. The van der Waals surface area contributed by atoms with Crippen molar-refractivity contribution in [3.63, 3.8) is 0 Å². The van der Waals surface area contributed by atoms with Gasteiger partial charge in [0.2, 0.25) is 5.89 Å². The van der Waals surface area contributed by atoms with Gasteiger partial charge in [0.15, 0.2) is 5.82 Å². The van der Waals surface area contributed by atoms with Crippen LogP contribution in [-0.2, 0) is 12.8 Å². The van der Waals surface area contributed by atoms with Crippen molar-refractivity contribution in [1.82, 2.24) is 15.5 Å². The molecule has 5 heteroatoms. The van der Waals surface area contributed by atoms with Crippen molar-refractivity contribution in [1.29, 1.82) is 0 Å². The molecular weight excluding hydrogens is 306 g/mol.